The number of hydrogen-bond acceptors (Lipinski definition) is 1. The van der Waals surface area contributed by atoms with Crippen LogP contribution in [0.2, 0.25) is 19.6 Å². The van der Waals surface area contributed by atoms with Crippen molar-refractivity contribution >= 4 is 18.9 Å². The average molecular weight is 298 g/mol. The third-order valence-corrected chi connectivity index (χ3v) is 6.07. The molecule has 0 fully saturated rings. The number of benzene rings is 2. The summed E-state index contributed by atoms with van der Waals surface area (Å²) >= 11 is 0. The van der Waals surface area contributed by atoms with E-state index in [0.717, 1.165) is 6.54 Å². The Hall–Kier alpha value is -1.54. The summed E-state index contributed by atoms with van der Waals surface area (Å²) in [5, 5.41) is 1.53. The van der Waals surface area contributed by atoms with Crippen LogP contribution in [0.1, 0.15) is 16.7 Å². The van der Waals surface area contributed by atoms with Crippen molar-refractivity contribution in [2.24, 2.45) is 0 Å². The monoisotopic (exact) mass is 297 g/mol. The van der Waals surface area contributed by atoms with E-state index in [4.69, 9.17) is 0 Å². The zero-order chi connectivity index (χ0) is 15.6. The molecule has 2 rings (SSSR count). The van der Waals surface area contributed by atoms with Gasteiger partial charge < -0.3 is 4.90 Å². The summed E-state index contributed by atoms with van der Waals surface area (Å²) in [6, 6.07) is 15.9. The fraction of sp³-hybridized carbons (Fsp3) is 0.368. The molecule has 0 atom stereocenters. The highest BCUT2D eigenvalue weighted by Gasteiger charge is 2.15. The largest absolute Gasteiger partial charge is 0.370 e. The van der Waals surface area contributed by atoms with E-state index < -0.39 is 8.07 Å². The topological polar surface area (TPSA) is 3.24 Å². The molecule has 112 valence electrons. The maximum Gasteiger partial charge on any atom is 0.0775 e. The van der Waals surface area contributed by atoms with Crippen molar-refractivity contribution in [3.63, 3.8) is 0 Å². The molecule has 0 unspecified atom stereocenters. The Balaban J connectivity index is 2.14. The van der Waals surface area contributed by atoms with E-state index in [1.807, 2.05) is 0 Å². The van der Waals surface area contributed by atoms with Gasteiger partial charge in [0, 0.05) is 19.3 Å². The molecule has 0 saturated heterocycles. The van der Waals surface area contributed by atoms with Gasteiger partial charge in [0.05, 0.1) is 8.07 Å². The van der Waals surface area contributed by atoms with Crippen LogP contribution >= 0.6 is 0 Å². The summed E-state index contributed by atoms with van der Waals surface area (Å²) in [6.07, 6.45) is 0. The van der Waals surface area contributed by atoms with Crippen LogP contribution in [0.4, 0.5) is 5.69 Å². The molecular weight excluding hydrogens is 270 g/mol. The first-order valence-electron chi connectivity index (χ1n) is 7.65. The van der Waals surface area contributed by atoms with Crippen LogP contribution < -0.4 is 10.1 Å². The first-order chi connectivity index (χ1) is 9.77. The quantitative estimate of drug-likeness (QED) is 0.752. The second-order valence-electron chi connectivity index (χ2n) is 7.09. The van der Waals surface area contributed by atoms with E-state index in [2.05, 4.69) is 87.9 Å². The lowest BCUT2D eigenvalue weighted by molar-refractivity contribution is 0.917. The van der Waals surface area contributed by atoms with Gasteiger partial charge in [0.25, 0.3) is 0 Å². The van der Waals surface area contributed by atoms with Crippen molar-refractivity contribution < 1.29 is 0 Å². The molecule has 1 nitrogen and oxygen atoms in total. The molecule has 0 aliphatic rings. The van der Waals surface area contributed by atoms with Crippen molar-refractivity contribution in [2.75, 3.05) is 11.9 Å². The van der Waals surface area contributed by atoms with Gasteiger partial charge in [0.15, 0.2) is 0 Å². The van der Waals surface area contributed by atoms with E-state index in [9.17, 15) is 0 Å². The van der Waals surface area contributed by atoms with Gasteiger partial charge in [-0.05, 0) is 31.0 Å². The van der Waals surface area contributed by atoms with Crippen LogP contribution in [0.15, 0.2) is 42.5 Å². The molecule has 2 aromatic rings. The summed E-state index contributed by atoms with van der Waals surface area (Å²) in [7, 11) is 0.982. The fourth-order valence-corrected chi connectivity index (χ4v) is 3.87. The molecule has 0 aliphatic carbocycles. The Morgan fingerprint density at radius 2 is 1.52 bits per heavy atom. The Labute approximate surface area is 130 Å². The lowest BCUT2D eigenvalue weighted by atomic mass is 10.1. The standard InChI is InChI=1S/C19H27NSi/c1-15-7-12-19(16(2)13-15)20(3)14-17-8-10-18(11-9-17)21(4,5)6/h7-13H,14H2,1-6H3. The van der Waals surface area contributed by atoms with Crippen LogP contribution in [0.25, 0.3) is 0 Å². The van der Waals surface area contributed by atoms with E-state index in [1.165, 1.54) is 27.6 Å². The van der Waals surface area contributed by atoms with Crippen LogP contribution in [0.3, 0.4) is 0 Å². The lowest BCUT2D eigenvalue weighted by Crippen LogP contribution is -2.37. The number of nitrogens with zero attached hydrogens (tertiary/aromatic N) is 1. The molecule has 0 bridgehead atoms. The van der Waals surface area contributed by atoms with Crippen LogP contribution in [0.5, 0.6) is 0 Å². The van der Waals surface area contributed by atoms with Gasteiger partial charge in [0.2, 0.25) is 0 Å². The Morgan fingerprint density at radius 1 is 0.905 bits per heavy atom. The predicted octanol–water partition coefficient (Wildman–Crippen LogP) is 4.49. The summed E-state index contributed by atoms with van der Waals surface area (Å²) in [5.74, 6) is 0. The second kappa shape index (κ2) is 6.06. The zero-order valence-corrected chi connectivity index (χ0v) is 15.2. The number of rotatable bonds is 4. The summed E-state index contributed by atoms with van der Waals surface area (Å²) in [5.41, 5.74) is 5.36. The van der Waals surface area contributed by atoms with Gasteiger partial charge >= 0.3 is 0 Å². The smallest absolute Gasteiger partial charge is 0.0775 e. The minimum Gasteiger partial charge on any atom is -0.370 e. The number of anilines is 1. The Bertz CT molecular complexity index is 608. The third-order valence-electron chi connectivity index (χ3n) is 4.00. The fourth-order valence-electron chi connectivity index (χ4n) is 2.70. The average Bonchev–Trinajstić information content (AvgIpc) is 2.38. The molecule has 0 amide bonds. The van der Waals surface area contributed by atoms with Crippen molar-refractivity contribution in [3.05, 3.63) is 59.2 Å². The molecule has 0 spiro atoms. The molecular formula is C19H27NSi. The highest BCUT2D eigenvalue weighted by atomic mass is 28.3. The maximum absolute atomic E-state index is 2.39. The van der Waals surface area contributed by atoms with Crippen molar-refractivity contribution in [3.8, 4) is 0 Å². The Morgan fingerprint density at radius 3 is 2.05 bits per heavy atom. The molecule has 0 radical (unpaired) electrons. The van der Waals surface area contributed by atoms with Gasteiger partial charge in [0.1, 0.15) is 0 Å². The summed E-state index contributed by atoms with van der Waals surface area (Å²) in [4.78, 5) is 2.33. The Kier molecular flexibility index (Phi) is 4.57. The van der Waals surface area contributed by atoms with E-state index in [1.54, 1.807) is 0 Å². The van der Waals surface area contributed by atoms with Crippen molar-refractivity contribution in [1.29, 1.82) is 0 Å². The van der Waals surface area contributed by atoms with E-state index in [0.29, 0.717) is 0 Å². The molecule has 2 heteroatoms. The number of hydrogen-bond donors (Lipinski definition) is 0. The predicted molar refractivity (Wildman–Crippen MR) is 97.4 cm³/mol. The van der Waals surface area contributed by atoms with Gasteiger partial charge in [-0.25, -0.2) is 0 Å². The third kappa shape index (κ3) is 3.98. The first-order valence-corrected chi connectivity index (χ1v) is 11.2. The lowest BCUT2D eigenvalue weighted by Gasteiger charge is -2.23. The molecule has 0 N–H and O–H groups in total. The van der Waals surface area contributed by atoms with Crippen LogP contribution in [0, 0.1) is 13.8 Å². The minimum atomic E-state index is -1.19. The number of aryl methyl sites for hydroxylation is 2. The summed E-state index contributed by atoms with van der Waals surface area (Å²) in [6.45, 7) is 12.5. The van der Waals surface area contributed by atoms with Crippen molar-refractivity contribution in [2.45, 2.75) is 40.0 Å². The van der Waals surface area contributed by atoms with Crippen molar-refractivity contribution in [1.82, 2.24) is 0 Å². The van der Waals surface area contributed by atoms with Gasteiger partial charge in [-0.2, -0.15) is 0 Å². The molecule has 0 heterocycles. The molecule has 0 aliphatic heterocycles. The highest BCUT2D eigenvalue weighted by Crippen LogP contribution is 2.21. The second-order valence-corrected chi connectivity index (χ2v) is 12.2. The summed E-state index contributed by atoms with van der Waals surface area (Å²) < 4.78 is 0. The van der Waals surface area contributed by atoms with E-state index in [-0.39, 0.29) is 0 Å². The van der Waals surface area contributed by atoms with E-state index >= 15 is 0 Å². The van der Waals surface area contributed by atoms with Crippen LogP contribution in [-0.2, 0) is 6.54 Å². The van der Waals surface area contributed by atoms with Gasteiger partial charge in [-0.15, -0.1) is 0 Å². The zero-order valence-electron chi connectivity index (χ0n) is 14.2. The normalized spacial score (nSPS) is 11.5. The SMILES string of the molecule is Cc1ccc(N(C)Cc2ccc([Si](C)(C)C)cc2)c(C)c1. The van der Waals surface area contributed by atoms with Gasteiger partial charge in [-0.1, -0.05) is 66.8 Å². The molecule has 0 saturated carbocycles. The highest BCUT2D eigenvalue weighted by molar-refractivity contribution is 6.88. The van der Waals surface area contributed by atoms with Gasteiger partial charge in [-0.3, -0.25) is 0 Å². The molecule has 0 aromatic heterocycles. The molecule has 21 heavy (non-hydrogen) atoms. The van der Waals surface area contributed by atoms with Crippen LogP contribution in [-0.4, -0.2) is 15.1 Å². The first kappa shape index (κ1) is 15.8. The maximum atomic E-state index is 2.39. The minimum absolute atomic E-state index is 0.954. The molecule has 2 aromatic carbocycles.